The molecule has 4 nitrogen and oxygen atoms in total. The first-order valence-corrected chi connectivity index (χ1v) is 6.21. The van der Waals surface area contributed by atoms with Gasteiger partial charge >= 0.3 is 6.03 Å². The van der Waals surface area contributed by atoms with Crippen LogP contribution in [0.5, 0.6) is 5.75 Å². The number of carbonyl (C=O) groups is 1. The molecule has 0 saturated heterocycles. The van der Waals surface area contributed by atoms with Gasteiger partial charge in [-0.1, -0.05) is 19.3 Å². The Morgan fingerprint density at radius 3 is 2.67 bits per heavy atom. The average Bonchev–Trinajstić information content (AvgIpc) is 2.34. The quantitative estimate of drug-likeness (QED) is 0.708. The van der Waals surface area contributed by atoms with Crippen molar-refractivity contribution in [1.29, 1.82) is 0 Å². The summed E-state index contributed by atoms with van der Waals surface area (Å²) in [5.41, 5.74) is 0.0705. The van der Waals surface area contributed by atoms with Crippen LogP contribution in [-0.4, -0.2) is 17.2 Å². The minimum Gasteiger partial charge on any atom is -0.508 e. The maximum atomic E-state index is 13.4. The Hall–Kier alpha value is -1.78. The maximum Gasteiger partial charge on any atom is 0.319 e. The minimum absolute atomic E-state index is 0.0705. The number of hydrogen-bond acceptors (Lipinski definition) is 2. The second kappa shape index (κ2) is 5.71. The first kappa shape index (κ1) is 12.7. The van der Waals surface area contributed by atoms with Crippen LogP contribution in [0.1, 0.15) is 32.1 Å². The summed E-state index contributed by atoms with van der Waals surface area (Å²) in [5, 5.41) is 14.3. The number of nitrogens with one attached hydrogen (secondary N) is 2. The van der Waals surface area contributed by atoms with E-state index in [1.54, 1.807) is 0 Å². The molecule has 0 aromatic heterocycles. The third-order valence-corrected chi connectivity index (χ3v) is 3.14. The van der Waals surface area contributed by atoms with E-state index >= 15 is 0 Å². The number of urea groups is 1. The lowest BCUT2D eigenvalue weighted by Crippen LogP contribution is -2.39. The highest BCUT2D eigenvalue weighted by Gasteiger charge is 2.16. The summed E-state index contributed by atoms with van der Waals surface area (Å²) in [6.07, 6.45) is 5.42. The molecule has 0 radical (unpaired) electrons. The summed E-state index contributed by atoms with van der Waals surface area (Å²) in [6, 6.07) is 3.42. The molecule has 1 fully saturated rings. The molecule has 1 aliphatic rings. The van der Waals surface area contributed by atoms with Gasteiger partial charge in [0.2, 0.25) is 0 Å². The summed E-state index contributed by atoms with van der Waals surface area (Å²) >= 11 is 0. The minimum atomic E-state index is -0.645. The zero-order valence-electron chi connectivity index (χ0n) is 10.1. The predicted molar refractivity (Wildman–Crippen MR) is 67.1 cm³/mol. The fraction of sp³-hybridized carbons (Fsp3) is 0.462. The van der Waals surface area contributed by atoms with Crippen molar-refractivity contribution in [3.8, 4) is 5.75 Å². The largest absolute Gasteiger partial charge is 0.508 e. The molecule has 2 rings (SSSR count). The first-order chi connectivity index (χ1) is 8.65. The monoisotopic (exact) mass is 252 g/mol. The molecule has 3 N–H and O–H groups in total. The SMILES string of the molecule is O=C(Nc1ccc(O)cc1F)NC1CCCCC1. The van der Waals surface area contributed by atoms with E-state index in [4.69, 9.17) is 5.11 Å². The lowest BCUT2D eigenvalue weighted by Gasteiger charge is -2.22. The van der Waals surface area contributed by atoms with Crippen molar-refractivity contribution in [3.63, 3.8) is 0 Å². The van der Waals surface area contributed by atoms with Crippen LogP contribution in [-0.2, 0) is 0 Å². The van der Waals surface area contributed by atoms with Crippen LogP contribution >= 0.6 is 0 Å². The van der Waals surface area contributed by atoms with E-state index in [-0.39, 0.29) is 17.5 Å². The van der Waals surface area contributed by atoms with Gasteiger partial charge in [-0.3, -0.25) is 0 Å². The van der Waals surface area contributed by atoms with Crippen LogP contribution in [0.4, 0.5) is 14.9 Å². The van der Waals surface area contributed by atoms with Crippen LogP contribution in [0.15, 0.2) is 18.2 Å². The lowest BCUT2D eigenvalue weighted by molar-refractivity contribution is 0.244. The highest BCUT2D eigenvalue weighted by molar-refractivity contribution is 5.89. The molecule has 0 atom stereocenters. The second-order valence-electron chi connectivity index (χ2n) is 4.60. The Balaban J connectivity index is 1.90. The Morgan fingerprint density at radius 1 is 1.28 bits per heavy atom. The Kier molecular flexibility index (Phi) is 4.02. The van der Waals surface area contributed by atoms with Gasteiger partial charge in [0.05, 0.1) is 5.69 Å². The van der Waals surface area contributed by atoms with Crippen LogP contribution in [0, 0.1) is 5.82 Å². The fourth-order valence-electron chi connectivity index (χ4n) is 2.20. The van der Waals surface area contributed by atoms with Gasteiger partial charge in [-0.05, 0) is 25.0 Å². The van der Waals surface area contributed by atoms with Crippen molar-refractivity contribution in [3.05, 3.63) is 24.0 Å². The molecule has 1 aromatic rings. The second-order valence-corrected chi connectivity index (χ2v) is 4.60. The third kappa shape index (κ3) is 3.35. The number of halogens is 1. The molecule has 18 heavy (non-hydrogen) atoms. The summed E-state index contributed by atoms with van der Waals surface area (Å²) in [5.74, 6) is -0.806. The zero-order chi connectivity index (χ0) is 13.0. The van der Waals surface area contributed by atoms with E-state index in [2.05, 4.69) is 10.6 Å². The number of aromatic hydroxyl groups is 1. The van der Waals surface area contributed by atoms with Gasteiger partial charge in [0, 0.05) is 12.1 Å². The smallest absolute Gasteiger partial charge is 0.319 e. The van der Waals surface area contributed by atoms with Gasteiger partial charge in [-0.2, -0.15) is 0 Å². The Labute approximate surface area is 105 Å². The molecule has 0 heterocycles. The predicted octanol–water partition coefficient (Wildman–Crippen LogP) is 2.99. The van der Waals surface area contributed by atoms with Crippen molar-refractivity contribution in [1.82, 2.24) is 5.32 Å². The van der Waals surface area contributed by atoms with E-state index in [0.717, 1.165) is 31.7 Å². The number of phenols is 1. The molecular formula is C13H17FN2O2. The Morgan fingerprint density at radius 2 is 2.00 bits per heavy atom. The van der Waals surface area contributed by atoms with E-state index in [0.29, 0.717) is 0 Å². The lowest BCUT2D eigenvalue weighted by atomic mass is 9.96. The van der Waals surface area contributed by atoms with Gasteiger partial charge in [-0.25, -0.2) is 9.18 Å². The van der Waals surface area contributed by atoms with Crippen molar-refractivity contribution in [2.45, 2.75) is 38.1 Å². The normalized spacial score (nSPS) is 16.3. The molecule has 0 bridgehead atoms. The standard InChI is InChI=1S/C13H17FN2O2/c14-11-8-10(17)6-7-12(11)16-13(18)15-9-4-2-1-3-5-9/h6-9,17H,1-5H2,(H2,15,16,18). The molecule has 98 valence electrons. The summed E-state index contributed by atoms with van der Waals surface area (Å²) in [7, 11) is 0. The number of hydrogen-bond donors (Lipinski definition) is 3. The van der Waals surface area contributed by atoms with E-state index < -0.39 is 11.8 Å². The van der Waals surface area contributed by atoms with Gasteiger partial charge < -0.3 is 15.7 Å². The van der Waals surface area contributed by atoms with Crippen molar-refractivity contribution < 1.29 is 14.3 Å². The molecule has 0 aliphatic heterocycles. The van der Waals surface area contributed by atoms with Gasteiger partial charge in [-0.15, -0.1) is 0 Å². The number of rotatable bonds is 2. The number of benzene rings is 1. The van der Waals surface area contributed by atoms with E-state index in [9.17, 15) is 9.18 Å². The van der Waals surface area contributed by atoms with E-state index in [1.165, 1.54) is 18.6 Å². The van der Waals surface area contributed by atoms with Crippen molar-refractivity contribution >= 4 is 11.7 Å². The van der Waals surface area contributed by atoms with Crippen LogP contribution in [0.3, 0.4) is 0 Å². The molecule has 1 saturated carbocycles. The molecule has 5 heteroatoms. The molecular weight excluding hydrogens is 235 g/mol. The maximum absolute atomic E-state index is 13.4. The highest BCUT2D eigenvalue weighted by Crippen LogP contribution is 2.20. The molecule has 2 amide bonds. The topological polar surface area (TPSA) is 61.4 Å². The zero-order valence-corrected chi connectivity index (χ0v) is 10.1. The van der Waals surface area contributed by atoms with Gasteiger partial charge in [0.25, 0.3) is 0 Å². The molecule has 1 aromatic carbocycles. The van der Waals surface area contributed by atoms with E-state index in [1.807, 2.05) is 0 Å². The fourth-order valence-corrected chi connectivity index (χ4v) is 2.20. The summed E-state index contributed by atoms with van der Waals surface area (Å²) in [4.78, 5) is 11.7. The average molecular weight is 252 g/mol. The molecule has 0 spiro atoms. The van der Waals surface area contributed by atoms with Gasteiger partial charge in [0.1, 0.15) is 11.6 Å². The van der Waals surface area contributed by atoms with Crippen LogP contribution < -0.4 is 10.6 Å². The first-order valence-electron chi connectivity index (χ1n) is 6.21. The summed E-state index contributed by atoms with van der Waals surface area (Å²) < 4.78 is 13.4. The summed E-state index contributed by atoms with van der Waals surface area (Å²) in [6.45, 7) is 0. The third-order valence-electron chi connectivity index (χ3n) is 3.14. The van der Waals surface area contributed by atoms with Crippen molar-refractivity contribution in [2.75, 3.05) is 5.32 Å². The number of amides is 2. The van der Waals surface area contributed by atoms with Crippen LogP contribution in [0.2, 0.25) is 0 Å². The number of carbonyl (C=O) groups excluding carboxylic acids is 1. The molecule has 1 aliphatic carbocycles. The number of anilines is 1. The number of phenolic OH excluding ortho intramolecular Hbond substituents is 1. The molecule has 0 unspecified atom stereocenters. The Bertz CT molecular complexity index is 431. The van der Waals surface area contributed by atoms with Crippen molar-refractivity contribution in [2.24, 2.45) is 0 Å². The highest BCUT2D eigenvalue weighted by atomic mass is 19.1. The van der Waals surface area contributed by atoms with Gasteiger partial charge in [0.15, 0.2) is 0 Å². The van der Waals surface area contributed by atoms with Crippen LogP contribution in [0.25, 0.3) is 0 Å².